The van der Waals surface area contributed by atoms with Gasteiger partial charge >= 0.3 is 5.97 Å². The zero-order chi connectivity index (χ0) is 16.2. The fourth-order valence-electron chi connectivity index (χ4n) is 2.07. The average Bonchev–Trinajstić information content (AvgIpc) is 2.92. The summed E-state index contributed by atoms with van der Waals surface area (Å²) in [6.45, 7) is 2.05. The second-order valence-corrected chi connectivity index (χ2v) is 5.14. The molecule has 2 heterocycles. The molecule has 8 heteroatoms. The maximum atomic E-state index is 10.8. The normalized spacial score (nSPS) is 10.7. The van der Waals surface area contributed by atoms with E-state index in [1.807, 2.05) is 30.3 Å². The molecule has 0 unspecified atom stereocenters. The van der Waals surface area contributed by atoms with E-state index < -0.39 is 0 Å². The number of esters is 1. The molecule has 1 aromatic carbocycles. The third kappa shape index (κ3) is 3.57. The van der Waals surface area contributed by atoms with Gasteiger partial charge in [0, 0.05) is 12.6 Å². The minimum Gasteiger partial charge on any atom is -0.464 e. The molecule has 0 aliphatic rings. The molecule has 0 saturated carbocycles. The van der Waals surface area contributed by atoms with Crippen LogP contribution in [0.5, 0.6) is 0 Å². The summed E-state index contributed by atoms with van der Waals surface area (Å²) in [6.07, 6.45) is 1.60. The van der Waals surface area contributed by atoms with Crippen molar-refractivity contribution in [1.82, 2.24) is 19.5 Å². The van der Waals surface area contributed by atoms with Gasteiger partial charge in [0.1, 0.15) is 12.1 Å². The van der Waals surface area contributed by atoms with E-state index in [0.29, 0.717) is 23.7 Å². The first-order valence-corrected chi connectivity index (χ1v) is 7.35. The lowest BCUT2D eigenvalue weighted by atomic mass is 10.3. The molecule has 3 rings (SSSR count). The van der Waals surface area contributed by atoms with Gasteiger partial charge in [-0.3, -0.25) is 4.79 Å². The first kappa shape index (κ1) is 15.2. The molecule has 0 aliphatic carbocycles. The van der Waals surface area contributed by atoms with E-state index >= 15 is 0 Å². The van der Waals surface area contributed by atoms with E-state index in [1.54, 1.807) is 10.9 Å². The maximum absolute atomic E-state index is 10.8. The van der Waals surface area contributed by atoms with Crippen molar-refractivity contribution >= 4 is 40.4 Å². The van der Waals surface area contributed by atoms with Crippen LogP contribution in [0.4, 0.5) is 11.6 Å². The molecular formula is C15H14ClN5O2. The Morgan fingerprint density at radius 3 is 2.83 bits per heavy atom. The van der Waals surface area contributed by atoms with Crippen LogP contribution in [0.15, 0.2) is 36.7 Å². The first-order valence-electron chi connectivity index (χ1n) is 6.97. The molecule has 0 spiro atoms. The average molecular weight is 332 g/mol. The molecule has 23 heavy (non-hydrogen) atoms. The molecular weight excluding hydrogens is 318 g/mol. The molecule has 0 aliphatic heterocycles. The largest absolute Gasteiger partial charge is 0.464 e. The molecule has 0 saturated heterocycles. The Bertz CT molecular complexity index is 835. The number of nitrogens with zero attached hydrogens (tertiary/aromatic N) is 4. The van der Waals surface area contributed by atoms with Crippen LogP contribution >= 0.6 is 11.6 Å². The van der Waals surface area contributed by atoms with E-state index in [2.05, 4.69) is 20.3 Å². The summed E-state index contributed by atoms with van der Waals surface area (Å²) in [5, 5.41) is 3.36. The smallest absolute Gasteiger partial charge is 0.302 e. The monoisotopic (exact) mass is 331 g/mol. The van der Waals surface area contributed by atoms with Gasteiger partial charge in [-0.05, 0) is 12.1 Å². The SMILES string of the molecule is CC(=O)OCCn1cnc2c(Cl)nc(Nc3ccccc3)nc21. The summed E-state index contributed by atoms with van der Waals surface area (Å²) < 4.78 is 6.71. The summed E-state index contributed by atoms with van der Waals surface area (Å²) in [5.74, 6) is 0.0523. The minimum atomic E-state index is -0.325. The van der Waals surface area contributed by atoms with Gasteiger partial charge in [-0.15, -0.1) is 0 Å². The standard InChI is InChI=1S/C15H14ClN5O2/c1-10(22)23-8-7-21-9-17-12-13(16)19-15(20-14(12)21)18-11-5-3-2-4-6-11/h2-6,9H,7-8H2,1H3,(H,18,19,20). The predicted molar refractivity (Wildman–Crippen MR) is 86.7 cm³/mol. The highest BCUT2D eigenvalue weighted by atomic mass is 35.5. The summed E-state index contributed by atoms with van der Waals surface area (Å²) >= 11 is 6.17. The van der Waals surface area contributed by atoms with Crippen molar-refractivity contribution in [1.29, 1.82) is 0 Å². The van der Waals surface area contributed by atoms with Crippen LogP contribution < -0.4 is 5.32 Å². The van der Waals surface area contributed by atoms with E-state index in [-0.39, 0.29) is 17.7 Å². The Balaban J connectivity index is 1.87. The molecule has 7 nitrogen and oxygen atoms in total. The number of fused-ring (bicyclic) bond motifs is 1. The number of nitrogens with one attached hydrogen (secondary N) is 1. The molecule has 118 valence electrons. The second kappa shape index (κ2) is 6.62. The number of hydrogen-bond donors (Lipinski definition) is 1. The number of aromatic nitrogens is 4. The molecule has 0 amide bonds. The Morgan fingerprint density at radius 1 is 1.30 bits per heavy atom. The van der Waals surface area contributed by atoms with E-state index in [0.717, 1.165) is 5.69 Å². The third-order valence-electron chi connectivity index (χ3n) is 3.09. The second-order valence-electron chi connectivity index (χ2n) is 4.78. The lowest BCUT2D eigenvalue weighted by molar-refractivity contribution is -0.141. The number of benzene rings is 1. The van der Waals surface area contributed by atoms with Crippen molar-refractivity contribution in [2.75, 3.05) is 11.9 Å². The zero-order valence-electron chi connectivity index (χ0n) is 12.4. The summed E-state index contributed by atoms with van der Waals surface area (Å²) in [5.41, 5.74) is 1.94. The van der Waals surface area contributed by atoms with Crippen molar-refractivity contribution in [3.05, 3.63) is 41.8 Å². The third-order valence-corrected chi connectivity index (χ3v) is 3.35. The highest BCUT2D eigenvalue weighted by Crippen LogP contribution is 2.22. The van der Waals surface area contributed by atoms with Crippen LogP contribution in [-0.4, -0.2) is 32.1 Å². The van der Waals surface area contributed by atoms with Crippen LogP contribution in [-0.2, 0) is 16.1 Å². The van der Waals surface area contributed by atoms with Crippen LogP contribution in [0.3, 0.4) is 0 Å². The molecule has 0 atom stereocenters. The van der Waals surface area contributed by atoms with Gasteiger partial charge in [-0.2, -0.15) is 9.97 Å². The Hall–Kier alpha value is -2.67. The van der Waals surface area contributed by atoms with Gasteiger partial charge < -0.3 is 14.6 Å². The number of para-hydroxylation sites is 1. The number of anilines is 2. The zero-order valence-corrected chi connectivity index (χ0v) is 13.1. The molecule has 3 aromatic rings. The molecule has 0 bridgehead atoms. The Morgan fingerprint density at radius 2 is 2.09 bits per heavy atom. The number of ether oxygens (including phenoxy) is 1. The highest BCUT2D eigenvalue weighted by Gasteiger charge is 2.12. The van der Waals surface area contributed by atoms with Gasteiger partial charge in [-0.1, -0.05) is 29.8 Å². The van der Waals surface area contributed by atoms with E-state index in [9.17, 15) is 4.79 Å². The van der Waals surface area contributed by atoms with Crippen LogP contribution in [0.1, 0.15) is 6.92 Å². The van der Waals surface area contributed by atoms with Crippen LogP contribution in [0, 0.1) is 0 Å². The number of carbonyl (C=O) groups excluding carboxylic acids is 1. The summed E-state index contributed by atoms with van der Waals surface area (Å²) in [7, 11) is 0. The summed E-state index contributed by atoms with van der Waals surface area (Å²) in [6, 6.07) is 9.54. The number of imidazole rings is 1. The predicted octanol–water partition coefficient (Wildman–Crippen LogP) is 2.79. The number of hydrogen-bond acceptors (Lipinski definition) is 6. The van der Waals surface area contributed by atoms with Crippen molar-refractivity contribution in [2.45, 2.75) is 13.5 Å². The number of rotatable bonds is 5. The number of carbonyl (C=O) groups is 1. The Kier molecular flexibility index (Phi) is 4.38. The van der Waals surface area contributed by atoms with Gasteiger partial charge in [0.25, 0.3) is 0 Å². The van der Waals surface area contributed by atoms with Crippen molar-refractivity contribution in [2.24, 2.45) is 0 Å². The minimum absolute atomic E-state index is 0.240. The van der Waals surface area contributed by atoms with Gasteiger partial charge in [0.2, 0.25) is 5.95 Å². The van der Waals surface area contributed by atoms with E-state index in [4.69, 9.17) is 16.3 Å². The molecule has 0 fully saturated rings. The first-order chi connectivity index (χ1) is 11.1. The molecule has 0 radical (unpaired) electrons. The van der Waals surface area contributed by atoms with Crippen molar-refractivity contribution in [3.63, 3.8) is 0 Å². The fourth-order valence-corrected chi connectivity index (χ4v) is 2.28. The van der Waals surface area contributed by atoms with Gasteiger partial charge in [-0.25, -0.2) is 4.98 Å². The molecule has 1 N–H and O–H groups in total. The lowest BCUT2D eigenvalue weighted by Gasteiger charge is -2.07. The topological polar surface area (TPSA) is 81.9 Å². The van der Waals surface area contributed by atoms with Gasteiger partial charge in [0.15, 0.2) is 10.8 Å². The maximum Gasteiger partial charge on any atom is 0.302 e. The highest BCUT2D eigenvalue weighted by molar-refractivity contribution is 6.33. The summed E-state index contributed by atoms with van der Waals surface area (Å²) in [4.78, 5) is 23.7. The van der Waals surface area contributed by atoms with Crippen LogP contribution in [0.2, 0.25) is 5.15 Å². The van der Waals surface area contributed by atoms with Crippen LogP contribution in [0.25, 0.3) is 11.2 Å². The van der Waals surface area contributed by atoms with Gasteiger partial charge in [0.05, 0.1) is 12.9 Å². The quantitative estimate of drug-likeness (QED) is 0.572. The van der Waals surface area contributed by atoms with Crippen molar-refractivity contribution in [3.8, 4) is 0 Å². The number of halogens is 1. The van der Waals surface area contributed by atoms with Crippen molar-refractivity contribution < 1.29 is 9.53 Å². The lowest BCUT2D eigenvalue weighted by Crippen LogP contribution is -2.09. The Labute approximate surface area is 137 Å². The molecule has 2 aromatic heterocycles. The fraction of sp³-hybridized carbons (Fsp3) is 0.200. The van der Waals surface area contributed by atoms with E-state index in [1.165, 1.54) is 6.92 Å².